The molecule has 2 rings (SSSR count). The summed E-state index contributed by atoms with van der Waals surface area (Å²) in [4.78, 5) is 4.07. The Labute approximate surface area is 92.3 Å². The first-order valence-corrected chi connectivity index (χ1v) is 4.97. The van der Waals surface area contributed by atoms with Crippen molar-refractivity contribution in [3.8, 4) is 11.4 Å². The maximum atomic E-state index is 13.1. The van der Waals surface area contributed by atoms with Crippen molar-refractivity contribution in [2.75, 3.05) is 0 Å². The van der Waals surface area contributed by atoms with Crippen LogP contribution < -0.4 is 5.73 Å². The summed E-state index contributed by atoms with van der Waals surface area (Å²) in [5, 5.41) is 3.77. The predicted octanol–water partition coefficient (Wildman–Crippen LogP) is 2.23. The van der Waals surface area contributed by atoms with E-state index in [1.54, 1.807) is 24.3 Å². The lowest BCUT2D eigenvalue weighted by Crippen LogP contribution is -1.95. The average molecular weight is 221 g/mol. The zero-order chi connectivity index (χ0) is 11.5. The molecule has 2 aromatic rings. The molecule has 16 heavy (non-hydrogen) atoms. The van der Waals surface area contributed by atoms with Gasteiger partial charge in [-0.25, -0.2) is 4.39 Å². The Hall–Kier alpha value is -1.75. The molecule has 4 nitrogen and oxygen atoms in total. The van der Waals surface area contributed by atoms with Crippen molar-refractivity contribution >= 4 is 0 Å². The zero-order valence-corrected chi connectivity index (χ0v) is 8.85. The fourth-order valence-electron chi connectivity index (χ4n) is 1.38. The maximum absolute atomic E-state index is 13.1. The monoisotopic (exact) mass is 221 g/mol. The van der Waals surface area contributed by atoms with Gasteiger partial charge in [0.1, 0.15) is 6.17 Å². The Morgan fingerprint density at radius 1 is 1.50 bits per heavy atom. The van der Waals surface area contributed by atoms with Crippen LogP contribution in [0.2, 0.25) is 0 Å². The van der Waals surface area contributed by atoms with E-state index >= 15 is 0 Å². The zero-order valence-electron chi connectivity index (χ0n) is 8.85. The molecule has 1 aromatic heterocycles. The van der Waals surface area contributed by atoms with Crippen LogP contribution in [0.15, 0.2) is 28.8 Å². The summed E-state index contributed by atoms with van der Waals surface area (Å²) in [7, 11) is 0. The molecule has 1 aromatic carbocycles. The molecule has 84 valence electrons. The second-order valence-corrected chi connectivity index (χ2v) is 3.46. The Balaban J connectivity index is 2.36. The van der Waals surface area contributed by atoms with Crippen molar-refractivity contribution in [2.24, 2.45) is 5.73 Å². The molecule has 0 saturated heterocycles. The number of alkyl halides is 1. The van der Waals surface area contributed by atoms with Crippen molar-refractivity contribution < 1.29 is 8.91 Å². The quantitative estimate of drug-likeness (QED) is 0.863. The van der Waals surface area contributed by atoms with E-state index in [4.69, 9.17) is 10.3 Å². The molecule has 0 aliphatic heterocycles. The Bertz CT molecular complexity index is 482. The third-order valence-electron chi connectivity index (χ3n) is 2.25. The van der Waals surface area contributed by atoms with Gasteiger partial charge in [-0.1, -0.05) is 23.4 Å². The molecule has 0 aliphatic carbocycles. The molecular formula is C11H12FN3O. The van der Waals surface area contributed by atoms with Crippen molar-refractivity contribution in [1.29, 1.82) is 0 Å². The van der Waals surface area contributed by atoms with E-state index in [1.165, 1.54) is 6.92 Å². The smallest absolute Gasteiger partial charge is 0.240 e. The topological polar surface area (TPSA) is 64.9 Å². The van der Waals surface area contributed by atoms with E-state index < -0.39 is 6.17 Å². The first-order chi connectivity index (χ1) is 7.70. The molecule has 1 unspecified atom stereocenters. The van der Waals surface area contributed by atoms with Crippen LogP contribution in [-0.2, 0) is 6.54 Å². The summed E-state index contributed by atoms with van der Waals surface area (Å²) in [6.07, 6.45) is -1.01. The van der Waals surface area contributed by atoms with Crippen LogP contribution in [0.3, 0.4) is 0 Å². The molecule has 0 amide bonds. The first kappa shape index (κ1) is 10.8. The fourth-order valence-corrected chi connectivity index (χ4v) is 1.38. The minimum Gasteiger partial charge on any atom is -0.338 e. The molecule has 5 heteroatoms. The van der Waals surface area contributed by atoms with Crippen LogP contribution in [0.25, 0.3) is 11.4 Å². The first-order valence-electron chi connectivity index (χ1n) is 4.97. The summed E-state index contributed by atoms with van der Waals surface area (Å²) >= 11 is 0. The standard InChI is InChI=1S/C11H12FN3O/c1-7(12)8-3-2-4-9(5-8)11-14-10(6-13)16-15-11/h2-5,7H,6,13H2,1H3. The lowest BCUT2D eigenvalue weighted by Gasteiger charge is -2.02. The van der Waals surface area contributed by atoms with E-state index in [1.807, 2.05) is 0 Å². The minimum absolute atomic E-state index is 0.201. The highest BCUT2D eigenvalue weighted by Gasteiger charge is 2.09. The van der Waals surface area contributed by atoms with E-state index in [-0.39, 0.29) is 6.54 Å². The Morgan fingerprint density at radius 3 is 2.94 bits per heavy atom. The highest BCUT2D eigenvalue weighted by Crippen LogP contribution is 2.22. The highest BCUT2D eigenvalue weighted by molar-refractivity contribution is 5.55. The van der Waals surface area contributed by atoms with Crippen molar-refractivity contribution in [3.63, 3.8) is 0 Å². The van der Waals surface area contributed by atoms with Crippen molar-refractivity contribution in [3.05, 3.63) is 35.7 Å². The molecule has 2 N–H and O–H groups in total. The van der Waals surface area contributed by atoms with Crippen LogP contribution in [0, 0.1) is 0 Å². The fraction of sp³-hybridized carbons (Fsp3) is 0.273. The van der Waals surface area contributed by atoms with Crippen LogP contribution in [0.5, 0.6) is 0 Å². The molecule has 1 heterocycles. The summed E-state index contributed by atoms with van der Waals surface area (Å²) in [6, 6.07) is 6.99. The number of hydrogen-bond donors (Lipinski definition) is 1. The van der Waals surface area contributed by atoms with E-state index in [0.29, 0.717) is 17.3 Å². The molecule has 0 fully saturated rings. The SMILES string of the molecule is CC(F)c1cccc(-c2noc(CN)n2)c1. The largest absolute Gasteiger partial charge is 0.338 e. The normalized spacial score (nSPS) is 12.7. The van der Waals surface area contributed by atoms with Crippen LogP contribution in [0.4, 0.5) is 4.39 Å². The molecule has 0 bridgehead atoms. The lowest BCUT2D eigenvalue weighted by atomic mass is 10.1. The highest BCUT2D eigenvalue weighted by atomic mass is 19.1. The molecule has 0 aliphatic rings. The lowest BCUT2D eigenvalue weighted by molar-refractivity contribution is 0.374. The second-order valence-electron chi connectivity index (χ2n) is 3.46. The van der Waals surface area contributed by atoms with Gasteiger partial charge >= 0.3 is 0 Å². The molecule has 0 spiro atoms. The number of nitrogens with two attached hydrogens (primary N) is 1. The number of nitrogens with zero attached hydrogens (tertiary/aromatic N) is 2. The van der Waals surface area contributed by atoms with Gasteiger partial charge in [0.2, 0.25) is 11.7 Å². The van der Waals surface area contributed by atoms with E-state index in [2.05, 4.69) is 10.1 Å². The number of hydrogen-bond acceptors (Lipinski definition) is 4. The van der Waals surface area contributed by atoms with Crippen LogP contribution >= 0.6 is 0 Å². The summed E-state index contributed by atoms with van der Waals surface area (Å²) in [5.41, 5.74) is 6.68. The summed E-state index contributed by atoms with van der Waals surface area (Å²) in [6.45, 7) is 1.69. The van der Waals surface area contributed by atoms with Crippen molar-refractivity contribution in [1.82, 2.24) is 10.1 Å². The summed E-state index contributed by atoms with van der Waals surface area (Å²) in [5.74, 6) is 0.802. The van der Waals surface area contributed by atoms with Gasteiger partial charge in [0, 0.05) is 5.56 Å². The van der Waals surface area contributed by atoms with Crippen LogP contribution in [0.1, 0.15) is 24.5 Å². The van der Waals surface area contributed by atoms with Gasteiger partial charge in [-0.3, -0.25) is 0 Å². The third kappa shape index (κ3) is 2.09. The second kappa shape index (κ2) is 4.40. The number of benzene rings is 1. The van der Waals surface area contributed by atoms with Gasteiger partial charge in [-0.2, -0.15) is 4.98 Å². The van der Waals surface area contributed by atoms with Gasteiger partial charge in [0.25, 0.3) is 0 Å². The van der Waals surface area contributed by atoms with Gasteiger partial charge in [-0.05, 0) is 18.6 Å². The maximum Gasteiger partial charge on any atom is 0.240 e. The molecule has 0 saturated carbocycles. The van der Waals surface area contributed by atoms with E-state index in [9.17, 15) is 4.39 Å². The van der Waals surface area contributed by atoms with Gasteiger partial charge in [-0.15, -0.1) is 0 Å². The third-order valence-corrected chi connectivity index (χ3v) is 2.25. The van der Waals surface area contributed by atoms with E-state index in [0.717, 1.165) is 5.56 Å². The number of rotatable bonds is 3. The molecular weight excluding hydrogens is 209 g/mol. The Morgan fingerprint density at radius 2 is 2.31 bits per heavy atom. The number of aromatic nitrogens is 2. The Kier molecular flexibility index (Phi) is 2.96. The molecule has 0 radical (unpaired) electrons. The van der Waals surface area contributed by atoms with Crippen LogP contribution in [-0.4, -0.2) is 10.1 Å². The molecule has 1 atom stereocenters. The van der Waals surface area contributed by atoms with Gasteiger partial charge < -0.3 is 10.3 Å². The predicted molar refractivity (Wildman–Crippen MR) is 57.1 cm³/mol. The van der Waals surface area contributed by atoms with Crippen molar-refractivity contribution in [2.45, 2.75) is 19.6 Å². The van der Waals surface area contributed by atoms with Gasteiger partial charge in [0.05, 0.1) is 6.54 Å². The number of halogens is 1. The summed E-state index contributed by atoms with van der Waals surface area (Å²) < 4.78 is 18.0. The average Bonchev–Trinajstić information content (AvgIpc) is 2.77. The van der Waals surface area contributed by atoms with Gasteiger partial charge in [0.15, 0.2) is 0 Å². The minimum atomic E-state index is -1.01.